The number of unbranched alkanes of at least 4 members (excludes halogenated alkanes) is 1. The molecule has 0 aromatic heterocycles. The quantitative estimate of drug-likeness (QED) is 0.529. The third-order valence-corrected chi connectivity index (χ3v) is 4.14. The van der Waals surface area contributed by atoms with Crippen LogP contribution < -0.4 is 10.6 Å². The zero-order chi connectivity index (χ0) is 20.0. The number of nitrogens with one attached hydrogen (secondary N) is 2. The average molecular weight is 379 g/mol. The highest BCUT2D eigenvalue weighted by molar-refractivity contribution is 6.08. The molecule has 1 aliphatic rings. The SMILES string of the molecule is CCCC[C@@]1(C)NC(=O)N(CC(=O)OCC(=O)Nc2cccc(F)c2)C1=O. The Morgan fingerprint density at radius 3 is 2.74 bits per heavy atom. The molecule has 2 N–H and O–H groups in total. The van der Waals surface area contributed by atoms with Gasteiger partial charge in [0.15, 0.2) is 6.61 Å². The van der Waals surface area contributed by atoms with E-state index in [1.807, 2.05) is 6.92 Å². The summed E-state index contributed by atoms with van der Waals surface area (Å²) < 4.78 is 17.9. The molecule has 1 saturated heterocycles. The predicted molar refractivity (Wildman–Crippen MR) is 94.2 cm³/mol. The summed E-state index contributed by atoms with van der Waals surface area (Å²) in [6.07, 6.45) is 2.08. The summed E-state index contributed by atoms with van der Waals surface area (Å²) in [6, 6.07) is 4.57. The van der Waals surface area contributed by atoms with Crippen molar-refractivity contribution in [3.63, 3.8) is 0 Å². The van der Waals surface area contributed by atoms with Crippen LogP contribution in [0, 0.1) is 5.82 Å². The Morgan fingerprint density at radius 1 is 1.33 bits per heavy atom. The van der Waals surface area contributed by atoms with Crippen molar-refractivity contribution < 1.29 is 28.3 Å². The Kier molecular flexibility index (Phi) is 6.49. The number of amides is 4. The number of imide groups is 1. The van der Waals surface area contributed by atoms with Crippen LogP contribution in [0.5, 0.6) is 0 Å². The summed E-state index contributed by atoms with van der Waals surface area (Å²) in [6.45, 7) is 2.38. The number of urea groups is 1. The van der Waals surface area contributed by atoms with Crippen molar-refractivity contribution in [2.24, 2.45) is 0 Å². The molecule has 0 saturated carbocycles. The zero-order valence-corrected chi connectivity index (χ0v) is 15.2. The van der Waals surface area contributed by atoms with Crippen molar-refractivity contribution >= 4 is 29.5 Å². The Bertz CT molecular complexity index is 754. The standard InChI is InChI=1S/C18H22FN3O5/c1-3-4-8-18(2)16(25)22(17(26)21-18)10-15(24)27-11-14(23)20-13-7-5-6-12(19)9-13/h5-7,9H,3-4,8,10-11H2,1-2H3,(H,20,23)(H,21,26)/t18-/m1/s1. The van der Waals surface area contributed by atoms with E-state index in [1.165, 1.54) is 18.2 Å². The number of nitrogens with zero attached hydrogens (tertiary/aromatic N) is 1. The van der Waals surface area contributed by atoms with Crippen molar-refractivity contribution in [3.05, 3.63) is 30.1 Å². The minimum Gasteiger partial charge on any atom is -0.454 e. The summed E-state index contributed by atoms with van der Waals surface area (Å²) in [5, 5.41) is 4.96. The van der Waals surface area contributed by atoms with Crippen LogP contribution >= 0.6 is 0 Å². The maximum atomic E-state index is 13.1. The van der Waals surface area contributed by atoms with Crippen LogP contribution in [0.25, 0.3) is 0 Å². The van der Waals surface area contributed by atoms with Gasteiger partial charge in [0, 0.05) is 5.69 Å². The van der Waals surface area contributed by atoms with E-state index in [-0.39, 0.29) is 5.69 Å². The number of hydrogen-bond donors (Lipinski definition) is 2. The van der Waals surface area contributed by atoms with E-state index in [9.17, 15) is 23.6 Å². The molecule has 0 radical (unpaired) electrons. The fraction of sp³-hybridized carbons (Fsp3) is 0.444. The number of carbonyl (C=O) groups excluding carboxylic acids is 4. The third kappa shape index (κ3) is 5.25. The second kappa shape index (κ2) is 8.61. The van der Waals surface area contributed by atoms with E-state index >= 15 is 0 Å². The minimum absolute atomic E-state index is 0.219. The van der Waals surface area contributed by atoms with Gasteiger partial charge in [-0.15, -0.1) is 0 Å². The van der Waals surface area contributed by atoms with Gasteiger partial charge in [-0.25, -0.2) is 9.18 Å². The highest BCUT2D eigenvalue weighted by Crippen LogP contribution is 2.23. The molecule has 4 amide bonds. The van der Waals surface area contributed by atoms with Gasteiger partial charge in [0.05, 0.1) is 0 Å². The van der Waals surface area contributed by atoms with Gasteiger partial charge in [-0.3, -0.25) is 19.3 Å². The van der Waals surface area contributed by atoms with E-state index in [4.69, 9.17) is 4.74 Å². The highest BCUT2D eigenvalue weighted by atomic mass is 19.1. The van der Waals surface area contributed by atoms with Gasteiger partial charge in [-0.1, -0.05) is 25.8 Å². The van der Waals surface area contributed by atoms with Crippen molar-refractivity contribution in [2.75, 3.05) is 18.5 Å². The number of ether oxygens (including phenoxy) is 1. The Hall–Kier alpha value is -2.97. The molecule has 0 spiro atoms. The van der Waals surface area contributed by atoms with E-state index in [0.717, 1.165) is 23.8 Å². The number of rotatable bonds is 8. The molecule has 0 bridgehead atoms. The van der Waals surface area contributed by atoms with Gasteiger partial charge < -0.3 is 15.4 Å². The first-order valence-corrected chi connectivity index (χ1v) is 8.60. The van der Waals surface area contributed by atoms with Crippen LogP contribution in [0.3, 0.4) is 0 Å². The molecular formula is C18H22FN3O5. The van der Waals surface area contributed by atoms with Crippen molar-refractivity contribution in [1.29, 1.82) is 0 Å². The second-order valence-corrected chi connectivity index (χ2v) is 6.48. The predicted octanol–water partition coefficient (Wildman–Crippen LogP) is 1.81. The van der Waals surface area contributed by atoms with Crippen LogP contribution in [0.4, 0.5) is 14.9 Å². The van der Waals surface area contributed by atoms with Gasteiger partial charge in [0.2, 0.25) is 0 Å². The van der Waals surface area contributed by atoms with E-state index < -0.39 is 48.3 Å². The van der Waals surface area contributed by atoms with Crippen LogP contribution in [0.2, 0.25) is 0 Å². The Labute approximate surface area is 156 Å². The lowest BCUT2D eigenvalue weighted by molar-refractivity contribution is -0.150. The molecular weight excluding hydrogens is 357 g/mol. The molecule has 2 rings (SSSR count). The maximum absolute atomic E-state index is 13.1. The van der Waals surface area contributed by atoms with Gasteiger partial charge in [0.25, 0.3) is 11.8 Å². The van der Waals surface area contributed by atoms with Crippen LogP contribution in [-0.2, 0) is 19.1 Å². The lowest BCUT2D eigenvalue weighted by Crippen LogP contribution is -2.44. The maximum Gasteiger partial charge on any atom is 0.326 e. The summed E-state index contributed by atoms with van der Waals surface area (Å²) in [7, 11) is 0. The lowest BCUT2D eigenvalue weighted by Gasteiger charge is -2.21. The van der Waals surface area contributed by atoms with Crippen LogP contribution in [-0.4, -0.2) is 47.4 Å². The van der Waals surface area contributed by atoms with Gasteiger partial charge in [-0.05, 0) is 31.5 Å². The number of halogens is 1. The number of carbonyl (C=O) groups is 4. The van der Waals surface area contributed by atoms with Gasteiger partial charge in [0.1, 0.15) is 17.9 Å². The molecule has 0 unspecified atom stereocenters. The molecule has 8 nitrogen and oxygen atoms in total. The average Bonchev–Trinajstić information content (AvgIpc) is 2.82. The Morgan fingerprint density at radius 2 is 2.07 bits per heavy atom. The first-order chi connectivity index (χ1) is 12.7. The fourth-order valence-electron chi connectivity index (χ4n) is 2.67. The van der Waals surface area contributed by atoms with E-state index in [0.29, 0.717) is 6.42 Å². The summed E-state index contributed by atoms with van der Waals surface area (Å²) in [4.78, 5) is 48.8. The molecule has 1 heterocycles. The van der Waals surface area contributed by atoms with Crippen molar-refractivity contribution in [1.82, 2.24) is 10.2 Å². The highest BCUT2D eigenvalue weighted by Gasteiger charge is 2.47. The number of hydrogen-bond acceptors (Lipinski definition) is 5. The molecule has 1 atom stereocenters. The first-order valence-electron chi connectivity index (χ1n) is 8.60. The lowest BCUT2D eigenvalue weighted by atomic mass is 9.95. The first kappa shape index (κ1) is 20.3. The van der Waals surface area contributed by atoms with Gasteiger partial charge >= 0.3 is 12.0 Å². The Balaban J connectivity index is 1.84. The molecule has 27 heavy (non-hydrogen) atoms. The minimum atomic E-state index is -1.04. The zero-order valence-electron chi connectivity index (χ0n) is 15.2. The van der Waals surface area contributed by atoms with Gasteiger partial charge in [-0.2, -0.15) is 0 Å². The molecule has 1 aliphatic heterocycles. The van der Waals surface area contributed by atoms with Crippen LogP contribution in [0.15, 0.2) is 24.3 Å². The van der Waals surface area contributed by atoms with E-state index in [2.05, 4.69) is 10.6 Å². The summed E-state index contributed by atoms with van der Waals surface area (Å²) in [5.74, 6) is -2.58. The molecule has 1 fully saturated rings. The molecule has 0 aliphatic carbocycles. The molecule has 1 aromatic carbocycles. The van der Waals surface area contributed by atoms with Crippen LogP contribution in [0.1, 0.15) is 33.1 Å². The second-order valence-electron chi connectivity index (χ2n) is 6.48. The molecule has 1 aromatic rings. The molecule has 146 valence electrons. The normalized spacial score (nSPS) is 19.0. The topological polar surface area (TPSA) is 105 Å². The summed E-state index contributed by atoms with van der Waals surface area (Å²) in [5.41, 5.74) is -0.820. The molecule has 9 heteroatoms. The van der Waals surface area contributed by atoms with Crippen molar-refractivity contribution in [3.8, 4) is 0 Å². The summed E-state index contributed by atoms with van der Waals surface area (Å²) >= 11 is 0. The number of esters is 1. The fourth-order valence-corrected chi connectivity index (χ4v) is 2.67. The third-order valence-electron chi connectivity index (χ3n) is 4.14. The van der Waals surface area contributed by atoms with Crippen molar-refractivity contribution in [2.45, 2.75) is 38.6 Å². The number of anilines is 1. The van der Waals surface area contributed by atoms with E-state index in [1.54, 1.807) is 6.92 Å². The smallest absolute Gasteiger partial charge is 0.326 e. The monoisotopic (exact) mass is 379 g/mol. The largest absolute Gasteiger partial charge is 0.454 e. The number of benzene rings is 1.